The van der Waals surface area contributed by atoms with E-state index in [2.05, 4.69) is 5.32 Å². The molecule has 2 rings (SSSR count). The van der Waals surface area contributed by atoms with E-state index < -0.39 is 5.97 Å². The number of hydrogen-bond donors (Lipinski definition) is 2. The highest BCUT2D eigenvalue weighted by Gasteiger charge is 2.38. The molecule has 0 aromatic heterocycles. The number of hydrogen-bond acceptors (Lipinski definition) is 2. The fraction of sp³-hybridized carbons (Fsp3) is 0.412. The Kier molecular flexibility index (Phi) is 4.78. The molecule has 0 radical (unpaired) electrons. The lowest BCUT2D eigenvalue weighted by molar-refractivity contribution is -0.141. The molecule has 21 heavy (non-hydrogen) atoms. The molecule has 0 unspecified atom stereocenters. The number of benzene rings is 1. The third-order valence-corrected chi connectivity index (χ3v) is 4.05. The minimum absolute atomic E-state index is 0.134. The van der Waals surface area contributed by atoms with Gasteiger partial charge in [0.05, 0.1) is 6.42 Å². The van der Waals surface area contributed by atoms with Gasteiger partial charge in [-0.25, -0.2) is 0 Å². The number of nitrogens with one attached hydrogen (secondary N) is 1. The molecule has 2 N–H and O–H groups in total. The molecule has 1 aromatic rings. The zero-order valence-corrected chi connectivity index (χ0v) is 12.3. The summed E-state index contributed by atoms with van der Waals surface area (Å²) in [5, 5.41) is 11.8. The molecular formula is C17H21NO3. The minimum Gasteiger partial charge on any atom is -0.481 e. The number of aliphatic carboxylic acids is 1. The quantitative estimate of drug-likeness (QED) is 0.791. The third kappa shape index (κ3) is 4.45. The van der Waals surface area contributed by atoms with Crippen LogP contribution in [0.1, 0.15) is 36.8 Å². The van der Waals surface area contributed by atoms with Gasteiger partial charge in [-0.2, -0.15) is 0 Å². The Balaban J connectivity index is 1.86. The Bertz CT molecular complexity index is 559. The van der Waals surface area contributed by atoms with Gasteiger partial charge in [-0.15, -0.1) is 0 Å². The molecule has 0 heterocycles. The predicted molar refractivity (Wildman–Crippen MR) is 81.8 cm³/mol. The van der Waals surface area contributed by atoms with E-state index >= 15 is 0 Å². The summed E-state index contributed by atoms with van der Waals surface area (Å²) >= 11 is 0. The zero-order chi connectivity index (χ0) is 15.3. The zero-order valence-electron chi connectivity index (χ0n) is 12.3. The fourth-order valence-corrected chi connectivity index (χ4v) is 2.69. The molecule has 0 aliphatic heterocycles. The van der Waals surface area contributed by atoms with Crippen LogP contribution in [-0.2, 0) is 9.59 Å². The van der Waals surface area contributed by atoms with Crippen molar-refractivity contribution in [2.24, 2.45) is 5.41 Å². The van der Waals surface area contributed by atoms with Gasteiger partial charge < -0.3 is 10.4 Å². The Morgan fingerprint density at radius 1 is 1.38 bits per heavy atom. The molecule has 1 aliphatic carbocycles. The van der Waals surface area contributed by atoms with Crippen LogP contribution in [-0.4, -0.2) is 23.5 Å². The second-order valence-electron chi connectivity index (χ2n) is 5.89. The molecule has 1 fully saturated rings. The van der Waals surface area contributed by atoms with Gasteiger partial charge in [0.1, 0.15) is 0 Å². The van der Waals surface area contributed by atoms with E-state index in [1.165, 1.54) is 6.08 Å². The van der Waals surface area contributed by atoms with Crippen molar-refractivity contribution < 1.29 is 14.7 Å². The predicted octanol–water partition coefficient (Wildman–Crippen LogP) is 2.77. The SMILES string of the molecule is Cc1cccc(/C=C/C(=O)NCC2(CC(=O)O)CCC2)c1. The maximum Gasteiger partial charge on any atom is 0.303 e. The Morgan fingerprint density at radius 2 is 2.14 bits per heavy atom. The van der Waals surface area contributed by atoms with E-state index in [1.807, 2.05) is 31.2 Å². The van der Waals surface area contributed by atoms with Crippen LogP contribution in [0.5, 0.6) is 0 Å². The third-order valence-electron chi connectivity index (χ3n) is 4.05. The van der Waals surface area contributed by atoms with Gasteiger partial charge >= 0.3 is 5.97 Å². The van der Waals surface area contributed by atoms with Gasteiger partial charge in [0.15, 0.2) is 0 Å². The second-order valence-corrected chi connectivity index (χ2v) is 5.89. The van der Waals surface area contributed by atoms with E-state index in [-0.39, 0.29) is 17.7 Å². The van der Waals surface area contributed by atoms with Gasteiger partial charge in [0.2, 0.25) is 5.91 Å². The van der Waals surface area contributed by atoms with Gasteiger partial charge in [-0.3, -0.25) is 9.59 Å². The summed E-state index contributed by atoms with van der Waals surface area (Å²) in [7, 11) is 0. The molecule has 1 aromatic carbocycles. The van der Waals surface area contributed by atoms with E-state index in [1.54, 1.807) is 6.08 Å². The van der Waals surface area contributed by atoms with Crippen LogP contribution in [0, 0.1) is 12.3 Å². The topological polar surface area (TPSA) is 66.4 Å². The van der Waals surface area contributed by atoms with E-state index in [0.29, 0.717) is 6.54 Å². The van der Waals surface area contributed by atoms with Crippen LogP contribution >= 0.6 is 0 Å². The van der Waals surface area contributed by atoms with Crippen LogP contribution in [0.4, 0.5) is 0 Å². The van der Waals surface area contributed by atoms with Gasteiger partial charge in [-0.1, -0.05) is 36.2 Å². The average Bonchev–Trinajstić information content (AvgIpc) is 2.39. The molecule has 0 atom stereocenters. The van der Waals surface area contributed by atoms with Gasteiger partial charge in [0, 0.05) is 12.6 Å². The summed E-state index contributed by atoms with van der Waals surface area (Å²) in [4.78, 5) is 22.7. The number of aryl methyl sites for hydroxylation is 1. The number of rotatable bonds is 6. The first-order valence-electron chi connectivity index (χ1n) is 7.24. The molecular weight excluding hydrogens is 266 g/mol. The monoisotopic (exact) mass is 287 g/mol. The summed E-state index contributed by atoms with van der Waals surface area (Å²) < 4.78 is 0. The molecule has 4 nitrogen and oxygen atoms in total. The largest absolute Gasteiger partial charge is 0.481 e. The fourth-order valence-electron chi connectivity index (χ4n) is 2.69. The summed E-state index contributed by atoms with van der Waals surface area (Å²) in [5.74, 6) is -0.965. The lowest BCUT2D eigenvalue weighted by Crippen LogP contribution is -2.43. The Hall–Kier alpha value is -2.10. The normalized spacial score (nSPS) is 16.4. The number of carboxylic acids is 1. The smallest absolute Gasteiger partial charge is 0.303 e. The molecule has 1 amide bonds. The number of amides is 1. The Morgan fingerprint density at radius 3 is 2.71 bits per heavy atom. The standard InChI is InChI=1S/C17H21NO3/c1-13-4-2-5-14(10-13)6-7-15(19)18-12-17(8-3-9-17)11-16(20)21/h2,4-7,10H,3,8-9,11-12H2,1H3,(H,18,19)(H,20,21)/b7-6+. The second kappa shape index (κ2) is 6.57. The first kappa shape index (κ1) is 15.3. The Labute approximate surface area is 124 Å². The summed E-state index contributed by atoms with van der Waals surface area (Å²) in [6, 6.07) is 7.89. The van der Waals surface area contributed by atoms with Crippen LogP contribution in [0.25, 0.3) is 6.08 Å². The van der Waals surface area contributed by atoms with Crippen molar-refractivity contribution in [3.63, 3.8) is 0 Å². The van der Waals surface area contributed by atoms with Crippen molar-refractivity contribution >= 4 is 18.0 Å². The molecule has 112 valence electrons. The van der Waals surface area contributed by atoms with Crippen molar-refractivity contribution in [3.8, 4) is 0 Å². The van der Waals surface area contributed by atoms with Gasteiger partial charge in [-0.05, 0) is 36.8 Å². The summed E-state index contributed by atoms with van der Waals surface area (Å²) in [6.45, 7) is 2.44. The molecule has 0 spiro atoms. The number of carbonyl (C=O) groups is 2. The van der Waals surface area contributed by atoms with Crippen LogP contribution in [0.15, 0.2) is 30.3 Å². The molecule has 0 saturated heterocycles. The van der Waals surface area contributed by atoms with E-state index in [4.69, 9.17) is 5.11 Å². The molecule has 1 aliphatic rings. The highest BCUT2D eigenvalue weighted by Crippen LogP contribution is 2.43. The first-order valence-corrected chi connectivity index (χ1v) is 7.24. The van der Waals surface area contributed by atoms with Crippen LogP contribution in [0.3, 0.4) is 0 Å². The maximum absolute atomic E-state index is 11.8. The lowest BCUT2D eigenvalue weighted by atomic mass is 9.66. The van der Waals surface area contributed by atoms with E-state index in [0.717, 1.165) is 30.4 Å². The minimum atomic E-state index is -0.792. The van der Waals surface area contributed by atoms with Crippen LogP contribution in [0.2, 0.25) is 0 Å². The summed E-state index contributed by atoms with van der Waals surface area (Å²) in [5.41, 5.74) is 1.89. The van der Waals surface area contributed by atoms with Gasteiger partial charge in [0.25, 0.3) is 0 Å². The maximum atomic E-state index is 11.8. The van der Waals surface area contributed by atoms with Crippen molar-refractivity contribution in [2.75, 3.05) is 6.54 Å². The van der Waals surface area contributed by atoms with Crippen molar-refractivity contribution in [1.82, 2.24) is 5.32 Å². The summed E-state index contributed by atoms with van der Waals surface area (Å²) in [6.07, 6.45) is 6.20. The molecule has 0 bridgehead atoms. The molecule has 1 saturated carbocycles. The molecule has 4 heteroatoms. The van der Waals surface area contributed by atoms with Crippen molar-refractivity contribution in [2.45, 2.75) is 32.6 Å². The highest BCUT2D eigenvalue weighted by atomic mass is 16.4. The number of carbonyl (C=O) groups excluding carboxylic acids is 1. The van der Waals surface area contributed by atoms with Crippen molar-refractivity contribution in [1.29, 1.82) is 0 Å². The first-order chi connectivity index (χ1) is 9.99. The lowest BCUT2D eigenvalue weighted by Gasteiger charge is -2.40. The highest BCUT2D eigenvalue weighted by molar-refractivity contribution is 5.91. The van der Waals surface area contributed by atoms with Crippen molar-refractivity contribution in [3.05, 3.63) is 41.5 Å². The number of carboxylic acid groups (broad SMARTS) is 1. The van der Waals surface area contributed by atoms with E-state index in [9.17, 15) is 9.59 Å². The van der Waals surface area contributed by atoms with Crippen LogP contribution < -0.4 is 5.32 Å². The average molecular weight is 287 g/mol.